The standard InChI is InChI=1S/C17H23F3N2O2/c1-11(2)15(13-5-4-6-14(9-13)17(18,19)20)21-16(23)22-7-8-24-10-12(22)3/h4-6,9,11-12,15H,7-8,10H2,1-3H3,(H,21,23)/t12-,15+/m0/s1. The highest BCUT2D eigenvalue weighted by atomic mass is 19.4. The Morgan fingerprint density at radius 2 is 2.08 bits per heavy atom. The molecule has 24 heavy (non-hydrogen) atoms. The molecule has 7 heteroatoms. The third-order valence-corrected chi connectivity index (χ3v) is 4.15. The lowest BCUT2D eigenvalue weighted by Crippen LogP contribution is -2.52. The molecule has 2 atom stereocenters. The van der Waals surface area contributed by atoms with Crippen molar-refractivity contribution in [3.8, 4) is 0 Å². The van der Waals surface area contributed by atoms with Crippen molar-refractivity contribution in [2.75, 3.05) is 19.8 Å². The fourth-order valence-corrected chi connectivity index (χ4v) is 2.79. The van der Waals surface area contributed by atoms with Crippen molar-refractivity contribution in [3.05, 3.63) is 35.4 Å². The molecule has 1 aromatic rings. The second-order valence-electron chi connectivity index (χ2n) is 6.41. The number of nitrogens with zero attached hydrogens (tertiary/aromatic N) is 1. The molecule has 0 unspecified atom stereocenters. The predicted molar refractivity (Wildman–Crippen MR) is 84.5 cm³/mol. The smallest absolute Gasteiger partial charge is 0.377 e. The van der Waals surface area contributed by atoms with Crippen LogP contribution < -0.4 is 5.32 Å². The number of ether oxygens (including phenoxy) is 1. The van der Waals surface area contributed by atoms with E-state index >= 15 is 0 Å². The second kappa shape index (κ2) is 7.42. The predicted octanol–water partition coefficient (Wildman–Crippen LogP) is 3.83. The van der Waals surface area contributed by atoms with E-state index in [-0.39, 0.29) is 18.0 Å². The molecule has 2 amide bonds. The monoisotopic (exact) mass is 344 g/mol. The minimum atomic E-state index is -4.40. The van der Waals surface area contributed by atoms with Crippen molar-refractivity contribution in [2.45, 2.75) is 39.0 Å². The zero-order valence-corrected chi connectivity index (χ0v) is 14.1. The molecule has 0 aliphatic carbocycles. The fraction of sp³-hybridized carbons (Fsp3) is 0.588. The fourth-order valence-electron chi connectivity index (χ4n) is 2.79. The van der Waals surface area contributed by atoms with E-state index in [0.29, 0.717) is 25.3 Å². The number of morpholine rings is 1. The van der Waals surface area contributed by atoms with Crippen LogP contribution in [0.4, 0.5) is 18.0 Å². The topological polar surface area (TPSA) is 41.6 Å². The average molecular weight is 344 g/mol. The number of hydrogen-bond acceptors (Lipinski definition) is 2. The lowest BCUT2D eigenvalue weighted by atomic mass is 9.94. The van der Waals surface area contributed by atoms with Crippen molar-refractivity contribution in [1.82, 2.24) is 10.2 Å². The zero-order valence-electron chi connectivity index (χ0n) is 14.1. The van der Waals surface area contributed by atoms with E-state index in [2.05, 4.69) is 5.32 Å². The number of carbonyl (C=O) groups is 1. The van der Waals surface area contributed by atoms with Crippen LogP contribution in [0.3, 0.4) is 0 Å². The maximum Gasteiger partial charge on any atom is 0.416 e. The minimum absolute atomic E-state index is 0.0474. The molecule has 134 valence electrons. The highest BCUT2D eigenvalue weighted by molar-refractivity contribution is 5.75. The lowest BCUT2D eigenvalue weighted by Gasteiger charge is -2.35. The van der Waals surface area contributed by atoms with Crippen LogP contribution in [0.2, 0.25) is 0 Å². The molecule has 0 spiro atoms. The van der Waals surface area contributed by atoms with Gasteiger partial charge in [0.25, 0.3) is 0 Å². The molecule has 1 aliphatic rings. The number of amides is 2. The highest BCUT2D eigenvalue weighted by Gasteiger charge is 2.32. The zero-order chi connectivity index (χ0) is 17.9. The number of alkyl halides is 3. The summed E-state index contributed by atoms with van der Waals surface area (Å²) >= 11 is 0. The van der Waals surface area contributed by atoms with E-state index < -0.39 is 17.8 Å². The Kier molecular flexibility index (Phi) is 5.74. The van der Waals surface area contributed by atoms with Gasteiger partial charge in [-0.1, -0.05) is 26.0 Å². The van der Waals surface area contributed by atoms with E-state index in [1.54, 1.807) is 11.0 Å². The summed E-state index contributed by atoms with van der Waals surface area (Å²) in [7, 11) is 0. The summed E-state index contributed by atoms with van der Waals surface area (Å²) in [6, 6.07) is 4.30. The maximum absolute atomic E-state index is 12.9. The van der Waals surface area contributed by atoms with Gasteiger partial charge in [0, 0.05) is 6.54 Å². The van der Waals surface area contributed by atoms with Crippen molar-refractivity contribution >= 4 is 6.03 Å². The van der Waals surface area contributed by atoms with Gasteiger partial charge >= 0.3 is 12.2 Å². The van der Waals surface area contributed by atoms with Gasteiger partial charge < -0.3 is 15.0 Å². The van der Waals surface area contributed by atoms with Gasteiger partial charge in [0.1, 0.15) is 0 Å². The van der Waals surface area contributed by atoms with Crippen LogP contribution in [0.1, 0.15) is 37.9 Å². The van der Waals surface area contributed by atoms with Gasteiger partial charge in [0.2, 0.25) is 0 Å². The Morgan fingerprint density at radius 3 is 2.67 bits per heavy atom. The number of benzene rings is 1. The summed E-state index contributed by atoms with van der Waals surface area (Å²) in [5.41, 5.74) is -0.256. The van der Waals surface area contributed by atoms with E-state index in [1.165, 1.54) is 6.07 Å². The van der Waals surface area contributed by atoms with Crippen molar-refractivity contribution in [3.63, 3.8) is 0 Å². The van der Waals surface area contributed by atoms with Crippen LogP contribution in [0.25, 0.3) is 0 Å². The van der Waals surface area contributed by atoms with Gasteiger partial charge in [0.15, 0.2) is 0 Å². The second-order valence-corrected chi connectivity index (χ2v) is 6.41. The van der Waals surface area contributed by atoms with Gasteiger partial charge in [-0.05, 0) is 30.5 Å². The summed E-state index contributed by atoms with van der Waals surface area (Å²) < 4.78 is 44.1. The summed E-state index contributed by atoms with van der Waals surface area (Å²) in [4.78, 5) is 14.2. The molecular weight excluding hydrogens is 321 g/mol. The van der Waals surface area contributed by atoms with Crippen LogP contribution in [0.5, 0.6) is 0 Å². The molecule has 0 bridgehead atoms. The molecule has 0 saturated carbocycles. The highest BCUT2D eigenvalue weighted by Crippen LogP contribution is 2.32. The molecular formula is C17H23F3N2O2. The van der Waals surface area contributed by atoms with Gasteiger partial charge in [-0.25, -0.2) is 4.79 Å². The van der Waals surface area contributed by atoms with E-state index in [1.807, 2.05) is 20.8 Å². The third kappa shape index (κ3) is 4.41. The first-order chi connectivity index (χ1) is 11.2. The minimum Gasteiger partial charge on any atom is -0.377 e. The Morgan fingerprint density at radius 1 is 1.38 bits per heavy atom. The van der Waals surface area contributed by atoms with Crippen LogP contribution in [-0.2, 0) is 10.9 Å². The van der Waals surface area contributed by atoms with E-state index in [9.17, 15) is 18.0 Å². The van der Waals surface area contributed by atoms with Gasteiger partial charge in [0.05, 0.1) is 30.9 Å². The summed E-state index contributed by atoms with van der Waals surface area (Å²) in [6.07, 6.45) is -4.40. The first-order valence-electron chi connectivity index (χ1n) is 8.02. The molecule has 4 nitrogen and oxygen atoms in total. The number of urea groups is 1. The number of carbonyl (C=O) groups excluding carboxylic acids is 1. The van der Waals surface area contributed by atoms with E-state index in [0.717, 1.165) is 12.1 Å². The summed E-state index contributed by atoms with van der Waals surface area (Å²) in [5.74, 6) is -0.0474. The Hall–Kier alpha value is -1.76. The molecule has 1 aromatic carbocycles. The lowest BCUT2D eigenvalue weighted by molar-refractivity contribution is -0.137. The Bertz CT molecular complexity index is 575. The molecule has 1 fully saturated rings. The van der Waals surface area contributed by atoms with Gasteiger partial charge in [-0.2, -0.15) is 13.2 Å². The number of nitrogens with one attached hydrogen (secondary N) is 1. The number of hydrogen-bond donors (Lipinski definition) is 1. The number of halogens is 3. The molecule has 1 heterocycles. The first-order valence-corrected chi connectivity index (χ1v) is 8.02. The third-order valence-electron chi connectivity index (χ3n) is 4.15. The SMILES string of the molecule is CC(C)[C@@H](NC(=O)N1CCOC[C@@H]1C)c1cccc(C(F)(F)F)c1. The molecule has 1 aliphatic heterocycles. The molecule has 2 rings (SSSR count). The number of rotatable bonds is 3. The summed E-state index contributed by atoms with van der Waals surface area (Å²) in [6.45, 7) is 7.02. The Balaban J connectivity index is 2.19. The van der Waals surface area contributed by atoms with Crippen LogP contribution in [0, 0.1) is 5.92 Å². The normalized spacial score (nSPS) is 20.1. The van der Waals surface area contributed by atoms with Crippen molar-refractivity contribution < 1.29 is 22.7 Å². The largest absolute Gasteiger partial charge is 0.416 e. The van der Waals surface area contributed by atoms with Crippen LogP contribution in [0.15, 0.2) is 24.3 Å². The summed E-state index contributed by atoms with van der Waals surface area (Å²) in [5, 5.41) is 2.88. The van der Waals surface area contributed by atoms with Crippen LogP contribution >= 0.6 is 0 Å². The first kappa shape index (κ1) is 18.6. The maximum atomic E-state index is 12.9. The average Bonchev–Trinajstić information content (AvgIpc) is 2.52. The molecule has 1 N–H and O–H groups in total. The Labute approximate surface area is 140 Å². The molecule has 0 radical (unpaired) electrons. The molecule has 1 saturated heterocycles. The van der Waals surface area contributed by atoms with Gasteiger partial charge in [-0.15, -0.1) is 0 Å². The van der Waals surface area contributed by atoms with Crippen molar-refractivity contribution in [2.24, 2.45) is 5.92 Å². The molecule has 0 aromatic heterocycles. The van der Waals surface area contributed by atoms with E-state index in [4.69, 9.17) is 4.74 Å². The van der Waals surface area contributed by atoms with Crippen LogP contribution in [-0.4, -0.2) is 36.7 Å². The quantitative estimate of drug-likeness (QED) is 0.905. The van der Waals surface area contributed by atoms with Crippen molar-refractivity contribution in [1.29, 1.82) is 0 Å². The van der Waals surface area contributed by atoms with Gasteiger partial charge in [-0.3, -0.25) is 0 Å².